The van der Waals surface area contributed by atoms with Crippen molar-refractivity contribution in [3.63, 3.8) is 0 Å². The minimum absolute atomic E-state index is 0.181. The third-order valence-corrected chi connectivity index (χ3v) is 3.29. The largest absolute Gasteiger partial charge is 0.390 e. The highest BCUT2D eigenvalue weighted by Gasteiger charge is 2.28. The van der Waals surface area contributed by atoms with Crippen molar-refractivity contribution in [2.75, 3.05) is 39.3 Å². The molecule has 3 N–H and O–H groups in total. The van der Waals surface area contributed by atoms with Gasteiger partial charge in [-0.1, -0.05) is 13.8 Å². The highest BCUT2D eigenvalue weighted by Crippen LogP contribution is 2.28. The molecule has 0 aromatic carbocycles. The van der Waals surface area contributed by atoms with Crippen molar-refractivity contribution in [3.05, 3.63) is 0 Å². The Balaban J connectivity index is 1.94. The van der Waals surface area contributed by atoms with Crippen LogP contribution in [0.15, 0.2) is 0 Å². The van der Waals surface area contributed by atoms with Gasteiger partial charge in [0.15, 0.2) is 0 Å². The van der Waals surface area contributed by atoms with E-state index in [4.69, 9.17) is 0 Å². The molecule has 0 bridgehead atoms. The molecule has 0 aromatic rings. The number of carbonyl (C=O) groups is 1. The van der Waals surface area contributed by atoms with Gasteiger partial charge in [0.25, 0.3) is 0 Å². The number of rotatable bonds is 10. The summed E-state index contributed by atoms with van der Waals surface area (Å²) in [7, 11) is 0. The van der Waals surface area contributed by atoms with Crippen LogP contribution in [0.25, 0.3) is 0 Å². The van der Waals surface area contributed by atoms with Gasteiger partial charge in [0.1, 0.15) is 0 Å². The molecular formula is C13H27N3O2. The van der Waals surface area contributed by atoms with Crippen molar-refractivity contribution in [1.29, 1.82) is 0 Å². The van der Waals surface area contributed by atoms with E-state index >= 15 is 0 Å². The normalized spacial score (nSPS) is 16.9. The number of likely N-dealkylation sites (N-methyl/N-ethyl adjacent to an activating group) is 1. The maximum atomic E-state index is 11.3. The summed E-state index contributed by atoms with van der Waals surface area (Å²) in [5.74, 6) is 0.457. The van der Waals surface area contributed by atoms with E-state index < -0.39 is 0 Å². The number of nitrogens with one attached hydrogen (secondary N) is 2. The summed E-state index contributed by atoms with van der Waals surface area (Å²) in [6, 6.07) is 0. The van der Waals surface area contributed by atoms with Gasteiger partial charge < -0.3 is 20.6 Å². The van der Waals surface area contributed by atoms with Crippen LogP contribution in [0.4, 0.5) is 0 Å². The molecule has 0 spiro atoms. The second-order valence-corrected chi connectivity index (χ2v) is 4.91. The van der Waals surface area contributed by atoms with Crippen molar-refractivity contribution in [3.8, 4) is 0 Å². The van der Waals surface area contributed by atoms with Gasteiger partial charge >= 0.3 is 0 Å². The van der Waals surface area contributed by atoms with Crippen LogP contribution in [0.3, 0.4) is 0 Å². The van der Waals surface area contributed by atoms with Crippen LogP contribution in [0.5, 0.6) is 0 Å². The Morgan fingerprint density at radius 1 is 1.33 bits per heavy atom. The zero-order valence-corrected chi connectivity index (χ0v) is 11.6. The van der Waals surface area contributed by atoms with Gasteiger partial charge in [0.2, 0.25) is 5.91 Å². The van der Waals surface area contributed by atoms with Crippen molar-refractivity contribution in [1.82, 2.24) is 15.5 Å². The quantitative estimate of drug-likeness (QED) is 0.475. The topological polar surface area (TPSA) is 64.6 Å². The van der Waals surface area contributed by atoms with E-state index in [0.29, 0.717) is 26.2 Å². The molecule has 0 aliphatic heterocycles. The first-order valence-corrected chi connectivity index (χ1v) is 7.06. The van der Waals surface area contributed by atoms with Crippen LogP contribution in [0, 0.1) is 5.92 Å². The van der Waals surface area contributed by atoms with Crippen LogP contribution >= 0.6 is 0 Å². The van der Waals surface area contributed by atoms with Crippen molar-refractivity contribution >= 4 is 5.91 Å². The molecule has 1 rings (SSSR count). The summed E-state index contributed by atoms with van der Waals surface area (Å²) in [5.41, 5.74) is 0. The molecule has 0 radical (unpaired) electrons. The predicted molar refractivity (Wildman–Crippen MR) is 72.4 cm³/mol. The summed E-state index contributed by atoms with van der Waals surface area (Å²) in [5, 5.41) is 15.8. The lowest BCUT2D eigenvalue weighted by Gasteiger charge is -2.22. The lowest BCUT2D eigenvalue weighted by atomic mass is 10.3. The molecular weight excluding hydrogens is 230 g/mol. The number of aliphatic hydroxyl groups is 1. The van der Waals surface area contributed by atoms with E-state index in [2.05, 4.69) is 29.4 Å². The smallest absolute Gasteiger partial charge is 0.223 e. The SMILES string of the molecule is CCN(CC)CC(O)CNCCNC(=O)C1CC1. The van der Waals surface area contributed by atoms with Crippen LogP contribution in [-0.2, 0) is 4.79 Å². The van der Waals surface area contributed by atoms with Crippen LogP contribution in [0.1, 0.15) is 26.7 Å². The Bertz CT molecular complexity index is 240. The highest BCUT2D eigenvalue weighted by atomic mass is 16.3. The molecule has 5 heteroatoms. The predicted octanol–water partition coefficient (Wildman–Crippen LogP) is -0.195. The number of hydrogen-bond donors (Lipinski definition) is 3. The van der Waals surface area contributed by atoms with Crippen molar-refractivity contribution < 1.29 is 9.90 Å². The standard InChI is InChI=1S/C13H27N3O2/c1-3-16(4-2)10-12(17)9-14-7-8-15-13(18)11-5-6-11/h11-12,14,17H,3-10H2,1-2H3,(H,15,18). The molecule has 1 aliphatic carbocycles. The molecule has 1 aliphatic rings. The number of amides is 1. The first-order chi connectivity index (χ1) is 8.67. The van der Waals surface area contributed by atoms with Gasteiger partial charge in [-0.3, -0.25) is 4.79 Å². The Kier molecular flexibility index (Phi) is 7.23. The van der Waals surface area contributed by atoms with E-state index in [9.17, 15) is 9.90 Å². The van der Waals surface area contributed by atoms with Gasteiger partial charge in [-0.15, -0.1) is 0 Å². The molecule has 18 heavy (non-hydrogen) atoms. The maximum Gasteiger partial charge on any atom is 0.223 e. The first kappa shape index (κ1) is 15.4. The summed E-state index contributed by atoms with van der Waals surface area (Å²) in [6.07, 6.45) is 1.74. The van der Waals surface area contributed by atoms with Crippen molar-refractivity contribution in [2.24, 2.45) is 5.92 Å². The molecule has 1 atom stereocenters. The molecule has 1 fully saturated rings. The fourth-order valence-corrected chi connectivity index (χ4v) is 1.88. The highest BCUT2D eigenvalue weighted by molar-refractivity contribution is 5.80. The van der Waals surface area contributed by atoms with E-state index in [0.717, 1.165) is 25.9 Å². The average Bonchev–Trinajstić information content (AvgIpc) is 3.19. The fraction of sp³-hybridized carbons (Fsp3) is 0.923. The molecule has 106 valence electrons. The van der Waals surface area contributed by atoms with E-state index in [1.165, 1.54) is 0 Å². The van der Waals surface area contributed by atoms with Gasteiger partial charge in [-0.2, -0.15) is 0 Å². The number of hydrogen-bond acceptors (Lipinski definition) is 4. The van der Waals surface area contributed by atoms with Gasteiger partial charge in [-0.05, 0) is 25.9 Å². The minimum Gasteiger partial charge on any atom is -0.390 e. The van der Waals surface area contributed by atoms with E-state index in [-0.39, 0.29) is 17.9 Å². The Hall–Kier alpha value is -0.650. The second-order valence-electron chi connectivity index (χ2n) is 4.91. The minimum atomic E-state index is -0.343. The summed E-state index contributed by atoms with van der Waals surface area (Å²) in [6.45, 7) is 8.76. The second kappa shape index (κ2) is 8.45. The third-order valence-electron chi connectivity index (χ3n) is 3.29. The fourth-order valence-electron chi connectivity index (χ4n) is 1.88. The monoisotopic (exact) mass is 257 g/mol. The van der Waals surface area contributed by atoms with Crippen LogP contribution < -0.4 is 10.6 Å². The van der Waals surface area contributed by atoms with Gasteiger partial charge in [-0.25, -0.2) is 0 Å². The average molecular weight is 257 g/mol. The molecule has 1 amide bonds. The van der Waals surface area contributed by atoms with Crippen LogP contribution in [-0.4, -0.2) is 61.3 Å². The summed E-state index contributed by atoms with van der Waals surface area (Å²) in [4.78, 5) is 13.5. The molecule has 0 heterocycles. The number of nitrogens with zero attached hydrogens (tertiary/aromatic N) is 1. The lowest BCUT2D eigenvalue weighted by molar-refractivity contribution is -0.122. The van der Waals surface area contributed by atoms with E-state index in [1.807, 2.05) is 0 Å². The maximum absolute atomic E-state index is 11.3. The number of aliphatic hydroxyl groups excluding tert-OH is 1. The van der Waals surface area contributed by atoms with E-state index in [1.54, 1.807) is 0 Å². The third kappa shape index (κ3) is 6.33. The molecule has 5 nitrogen and oxygen atoms in total. The van der Waals surface area contributed by atoms with Crippen molar-refractivity contribution in [2.45, 2.75) is 32.8 Å². The van der Waals surface area contributed by atoms with Crippen LogP contribution in [0.2, 0.25) is 0 Å². The Morgan fingerprint density at radius 3 is 2.56 bits per heavy atom. The molecule has 1 unspecified atom stereocenters. The lowest BCUT2D eigenvalue weighted by Crippen LogP contribution is -2.40. The summed E-state index contributed by atoms with van der Waals surface area (Å²) >= 11 is 0. The summed E-state index contributed by atoms with van der Waals surface area (Å²) < 4.78 is 0. The van der Waals surface area contributed by atoms with Gasteiger partial charge in [0, 0.05) is 32.1 Å². The zero-order chi connectivity index (χ0) is 13.4. The van der Waals surface area contributed by atoms with Gasteiger partial charge in [0.05, 0.1) is 6.10 Å². The zero-order valence-electron chi connectivity index (χ0n) is 11.6. The Labute approximate surface area is 110 Å². The molecule has 0 aromatic heterocycles. The molecule has 0 saturated heterocycles. The first-order valence-electron chi connectivity index (χ1n) is 7.06. The Morgan fingerprint density at radius 2 is 2.00 bits per heavy atom. The number of carbonyl (C=O) groups excluding carboxylic acids is 1. The molecule has 1 saturated carbocycles.